The standard InChI is InChI=1S/C12H16O3/c1-12(2,14)8-9-6-4-5-7-10(9)11(13)15-3/h4-7,14H,8H2,1-3H3. The van der Waals surface area contributed by atoms with Gasteiger partial charge in [-0.2, -0.15) is 0 Å². The van der Waals surface area contributed by atoms with E-state index >= 15 is 0 Å². The van der Waals surface area contributed by atoms with Crippen LogP contribution in [0.4, 0.5) is 0 Å². The second-order valence-corrected chi connectivity index (χ2v) is 4.14. The number of aliphatic hydroxyl groups is 1. The zero-order valence-electron chi connectivity index (χ0n) is 9.28. The summed E-state index contributed by atoms with van der Waals surface area (Å²) in [5.41, 5.74) is 0.489. The van der Waals surface area contributed by atoms with E-state index in [0.29, 0.717) is 12.0 Å². The average molecular weight is 208 g/mol. The van der Waals surface area contributed by atoms with Gasteiger partial charge in [0.25, 0.3) is 0 Å². The summed E-state index contributed by atoms with van der Waals surface area (Å²) in [5, 5.41) is 9.70. The van der Waals surface area contributed by atoms with E-state index < -0.39 is 5.60 Å². The molecule has 0 heterocycles. The monoisotopic (exact) mass is 208 g/mol. The van der Waals surface area contributed by atoms with E-state index in [1.165, 1.54) is 7.11 Å². The molecule has 3 heteroatoms. The number of esters is 1. The van der Waals surface area contributed by atoms with Crippen molar-refractivity contribution >= 4 is 5.97 Å². The van der Waals surface area contributed by atoms with Crippen LogP contribution in [0.5, 0.6) is 0 Å². The van der Waals surface area contributed by atoms with Crippen LogP contribution in [0, 0.1) is 0 Å². The molecule has 15 heavy (non-hydrogen) atoms. The number of hydrogen-bond donors (Lipinski definition) is 1. The van der Waals surface area contributed by atoms with Gasteiger partial charge >= 0.3 is 5.97 Å². The Morgan fingerprint density at radius 2 is 2.00 bits per heavy atom. The summed E-state index contributed by atoms with van der Waals surface area (Å²) < 4.78 is 4.67. The molecule has 0 radical (unpaired) electrons. The number of carbonyl (C=O) groups is 1. The first-order chi connectivity index (χ1) is 6.94. The lowest BCUT2D eigenvalue weighted by Crippen LogP contribution is -2.23. The minimum absolute atomic E-state index is 0.366. The SMILES string of the molecule is COC(=O)c1ccccc1CC(C)(C)O. The first-order valence-corrected chi connectivity index (χ1v) is 4.82. The van der Waals surface area contributed by atoms with Gasteiger partial charge in [-0.15, -0.1) is 0 Å². The molecule has 0 fully saturated rings. The lowest BCUT2D eigenvalue weighted by molar-refractivity contribution is 0.0593. The molecule has 1 aromatic carbocycles. The Balaban J connectivity index is 3.02. The van der Waals surface area contributed by atoms with Gasteiger partial charge in [-0.25, -0.2) is 4.79 Å². The normalized spacial score (nSPS) is 11.2. The van der Waals surface area contributed by atoms with Gasteiger partial charge in [-0.05, 0) is 25.5 Å². The van der Waals surface area contributed by atoms with Crippen LogP contribution in [0.2, 0.25) is 0 Å². The second kappa shape index (κ2) is 4.45. The molecule has 0 saturated carbocycles. The van der Waals surface area contributed by atoms with Crippen LogP contribution in [0.15, 0.2) is 24.3 Å². The highest BCUT2D eigenvalue weighted by Crippen LogP contribution is 2.17. The van der Waals surface area contributed by atoms with Crippen LogP contribution in [-0.2, 0) is 11.2 Å². The molecule has 0 amide bonds. The number of hydrogen-bond acceptors (Lipinski definition) is 3. The summed E-state index contributed by atoms with van der Waals surface area (Å²) in [6, 6.07) is 7.14. The summed E-state index contributed by atoms with van der Waals surface area (Å²) in [6.07, 6.45) is 0.429. The van der Waals surface area contributed by atoms with Crippen LogP contribution >= 0.6 is 0 Å². The zero-order chi connectivity index (χ0) is 11.5. The molecule has 0 spiro atoms. The van der Waals surface area contributed by atoms with Gasteiger partial charge in [-0.1, -0.05) is 18.2 Å². The molecule has 0 atom stereocenters. The fraction of sp³-hybridized carbons (Fsp3) is 0.417. The number of methoxy groups -OCH3 is 1. The largest absolute Gasteiger partial charge is 0.465 e. The predicted octanol–water partition coefficient (Wildman–Crippen LogP) is 1.79. The fourth-order valence-electron chi connectivity index (χ4n) is 1.45. The van der Waals surface area contributed by atoms with Crippen molar-refractivity contribution in [3.63, 3.8) is 0 Å². The summed E-state index contributed by atoms with van der Waals surface area (Å²) in [6.45, 7) is 3.42. The van der Waals surface area contributed by atoms with E-state index in [4.69, 9.17) is 0 Å². The van der Waals surface area contributed by atoms with Gasteiger partial charge in [0.15, 0.2) is 0 Å². The second-order valence-electron chi connectivity index (χ2n) is 4.14. The van der Waals surface area contributed by atoms with Crippen molar-refractivity contribution in [1.82, 2.24) is 0 Å². The lowest BCUT2D eigenvalue weighted by atomic mass is 9.95. The molecule has 1 N–H and O–H groups in total. The van der Waals surface area contributed by atoms with Crippen LogP contribution < -0.4 is 0 Å². The van der Waals surface area contributed by atoms with Crippen molar-refractivity contribution < 1.29 is 14.6 Å². The van der Waals surface area contributed by atoms with E-state index in [2.05, 4.69) is 4.74 Å². The molecule has 1 aromatic rings. The third-order valence-corrected chi connectivity index (χ3v) is 2.05. The number of rotatable bonds is 3. The highest BCUT2D eigenvalue weighted by Gasteiger charge is 2.18. The highest BCUT2D eigenvalue weighted by atomic mass is 16.5. The molecule has 0 aliphatic carbocycles. The Morgan fingerprint density at radius 1 is 1.40 bits per heavy atom. The molecule has 1 rings (SSSR count). The summed E-state index contributed by atoms with van der Waals surface area (Å²) in [4.78, 5) is 11.4. The highest BCUT2D eigenvalue weighted by molar-refractivity contribution is 5.91. The fourth-order valence-corrected chi connectivity index (χ4v) is 1.45. The van der Waals surface area contributed by atoms with Crippen LogP contribution in [0.25, 0.3) is 0 Å². The van der Waals surface area contributed by atoms with E-state index in [9.17, 15) is 9.90 Å². The average Bonchev–Trinajstić information content (AvgIpc) is 2.15. The predicted molar refractivity (Wildman–Crippen MR) is 57.8 cm³/mol. The number of carbonyl (C=O) groups excluding carboxylic acids is 1. The Bertz CT molecular complexity index is 350. The third kappa shape index (κ3) is 3.36. The number of benzene rings is 1. The van der Waals surface area contributed by atoms with E-state index in [1.807, 2.05) is 12.1 Å². The van der Waals surface area contributed by atoms with Gasteiger partial charge in [0.2, 0.25) is 0 Å². The zero-order valence-corrected chi connectivity index (χ0v) is 9.28. The van der Waals surface area contributed by atoms with Crippen molar-refractivity contribution in [1.29, 1.82) is 0 Å². The molecular weight excluding hydrogens is 192 g/mol. The van der Waals surface area contributed by atoms with Gasteiger partial charge in [0.1, 0.15) is 0 Å². The van der Waals surface area contributed by atoms with Gasteiger partial charge in [0.05, 0.1) is 18.3 Å². The Hall–Kier alpha value is -1.35. The topological polar surface area (TPSA) is 46.5 Å². The molecule has 0 aliphatic rings. The molecule has 0 aliphatic heterocycles. The molecule has 0 bridgehead atoms. The molecule has 3 nitrogen and oxygen atoms in total. The van der Waals surface area contributed by atoms with Crippen LogP contribution in [0.1, 0.15) is 29.8 Å². The number of ether oxygens (including phenoxy) is 1. The van der Waals surface area contributed by atoms with Crippen LogP contribution in [0.3, 0.4) is 0 Å². The molecule has 0 aromatic heterocycles. The first-order valence-electron chi connectivity index (χ1n) is 4.82. The minimum Gasteiger partial charge on any atom is -0.465 e. The molecule has 0 unspecified atom stereocenters. The van der Waals surface area contributed by atoms with Crippen molar-refractivity contribution in [2.75, 3.05) is 7.11 Å². The Labute approximate surface area is 89.7 Å². The van der Waals surface area contributed by atoms with Crippen molar-refractivity contribution in [2.45, 2.75) is 25.9 Å². The Morgan fingerprint density at radius 3 is 2.53 bits per heavy atom. The van der Waals surface area contributed by atoms with E-state index in [-0.39, 0.29) is 5.97 Å². The maximum Gasteiger partial charge on any atom is 0.338 e. The lowest BCUT2D eigenvalue weighted by Gasteiger charge is -2.18. The minimum atomic E-state index is -0.829. The van der Waals surface area contributed by atoms with Gasteiger partial charge < -0.3 is 9.84 Å². The first kappa shape index (κ1) is 11.7. The van der Waals surface area contributed by atoms with E-state index in [0.717, 1.165) is 5.56 Å². The van der Waals surface area contributed by atoms with Crippen molar-refractivity contribution in [3.8, 4) is 0 Å². The third-order valence-electron chi connectivity index (χ3n) is 2.05. The Kier molecular flexibility index (Phi) is 3.48. The smallest absolute Gasteiger partial charge is 0.338 e. The summed E-state index contributed by atoms with van der Waals surface area (Å²) in [7, 11) is 1.35. The molecule has 82 valence electrons. The summed E-state index contributed by atoms with van der Waals surface area (Å²) in [5.74, 6) is -0.366. The molecular formula is C12H16O3. The van der Waals surface area contributed by atoms with E-state index in [1.54, 1.807) is 26.0 Å². The van der Waals surface area contributed by atoms with Crippen molar-refractivity contribution in [3.05, 3.63) is 35.4 Å². The maximum absolute atomic E-state index is 11.4. The van der Waals surface area contributed by atoms with Crippen LogP contribution in [-0.4, -0.2) is 23.8 Å². The van der Waals surface area contributed by atoms with Gasteiger partial charge in [-0.3, -0.25) is 0 Å². The van der Waals surface area contributed by atoms with Crippen molar-refractivity contribution in [2.24, 2.45) is 0 Å². The summed E-state index contributed by atoms with van der Waals surface area (Å²) >= 11 is 0. The quantitative estimate of drug-likeness (QED) is 0.770. The van der Waals surface area contributed by atoms with Gasteiger partial charge in [0, 0.05) is 6.42 Å². The molecule has 0 saturated heterocycles. The maximum atomic E-state index is 11.4.